The number of hydrogen-bond acceptors (Lipinski definition) is 4. The summed E-state index contributed by atoms with van der Waals surface area (Å²) >= 11 is 0. The molecule has 2 aromatic rings. The van der Waals surface area contributed by atoms with Crippen molar-refractivity contribution in [3.8, 4) is 11.3 Å². The SMILES string of the molecule is COCCC(=O)Nc1ccc(-c2ccc(=O)[nH]n2)cc1. The monoisotopic (exact) mass is 273 g/mol. The van der Waals surface area contributed by atoms with Crippen molar-refractivity contribution in [3.05, 3.63) is 46.8 Å². The first-order valence-corrected chi connectivity index (χ1v) is 6.14. The summed E-state index contributed by atoms with van der Waals surface area (Å²) in [5.41, 5.74) is 1.99. The van der Waals surface area contributed by atoms with Gasteiger partial charge in [0.25, 0.3) is 5.56 Å². The quantitative estimate of drug-likeness (QED) is 0.862. The van der Waals surface area contributed by atoms with Gasteiger partial charge in [-0.15, -0.1) is 0 Å². The van der Waals surface area contributed by atoms with E-state index in [0.717, 1.165) is 5.56 Å². The van der Waals surface area contributed by atoms with Crippen molar-refractivity contribution in [2.24, 2.45) is 0 Å². The van der Waals surface area contributed by atoms with Crippen molar-refractivity contribution >= 4 is 11.6 Å². The van der Waals surface area contributed by atoms with Gasteiger partial charge in [-0.3, -0.25) is 9.59 Å². The predicted octanol–water partition coefficient (Wildman–Crippen LogP) is 1.41. The molecule has 20 heavy (non-hydrogen) atoms. The van der Waals surface area contributed by atoms with Gasteiger partial charge in [-0.25, -0.2) is 5.10 Å². The van der Waals surface area contributed by atoms with Crippen LogP contribution < -0.4 is 10.9 Å². The highest BCUT2D eigenvalue weighted by atomic mass is 16.5. The van der Waals surface area contributed by atoms with Crippen LogP contribution in [0.15, 0.2) is 41.2 Å². The minimum Gasteiger partial charge on any atom is -0.384 e. The standard InChI is InChI=1S/C14H15N3O3/c1-20-9-8-13(18)15-11-4-2-10(3-5-11)12-6-7-14(19)17-16-12/h2-7H,8-9H2,1H3,(H,15,18)(H,17,19). The third-order valence-corrected chi connectivity index (χ3v) is 2.68. The van der Waals surface area contributed by atoms with Gasteiger partial charge in [0.1, 0.15) is 0 Å². The summed E-state index contributed by atoms with van der Waals surface area (Å²) in [5.74, 6) is -0.0956. The Hall–Kier alpha value is -2.47. The Labute approximate surface area is 115 Å². The highest BCUT2D eigenvalue weighted by molar-refractivity contribution is 5.91. The molecule has 0 saturated carbocycles. The molecule has 0 spiro atoms. The fourth-order valence-electron chi connectivity index (χ4n) is 1.65. The number of ether oxygens (including phenoxy) is 1. The maximum Gasteiger partial charge on any atom is 0.264 e. The number of amides is 1. The molecule has 2 N–H and O–H groups in total. The van der Waals surface area contributed by atoms with E-state index in [-0.39, 0.29) is 11.5 Å². The summed E-state index contributed by atoms with van der Waals surface area (Å²) < 4.78 is 4.84. The molecule has 6 heteroatoms. The van der Waals surface area contributed by atoms with Crippen molar-refractivity contribution in [2.45, 2.75) is 6.42 Å². The Morgan fingerprint density at radius 1 is 1.25 bits per heavy atom. The summed E-state index contributed by atoms with van der Waals surface area (Å²) in [4.78, 5) is 22.5. The number of H-pyrrole nitrogens is 1. The Morgan fingerprint density at radius 2 is 2.00 bits per heavy atom. The second kappa shape index (κ2) is 6.63. The third kappa shape index (κ3) is 3.76. The van der Waals surface area contributed by atoms with Gasteiger partial charge in [-0.2, -0.15) is 5.10 Å². The zero-order chi connectivity index (χ0) is 14.4. The van der Waals surface area contributed by atoms with Crippen LogP contribution in [0.4, 0.5) is 5.69 Å². The van der Waals surface area contributed by atoms with Crippen LogP contribution in [0.25, 0.3) is 11.3 Å². The van der Waals surface area contributed by atoms with Crippen LogP contribution in [0.1, 0.15) is 6.42 Å². The molecular weight excluding hydrogens is 258 g/mol. The van der Waals surface area contributed by atoms with Crippen LogP contribution in [-0.2, 0) is 9.53 Å². The van der Waals surface area contributed by atoms with Crippen LogP contribution in [0.2, 0.25) is 0 Å². The lowest BCUT2D eigenvalue weighted by Gasteiger charge is -2.06. The summed E-state index contributed by atoms with van der Waals surface area (Å²) in [6, 6.07) is 10.3. The average Bonchev–Trinajstić information content (AvgIpc) is 2.47. The van der Waals surface area contributed by atoms with Crippen molar-refractivity contribution in [3.63, 3.8) is 0 Å². The molecule has 0 bridgehead atoms. The zero-order valence-corrected chi connectivity index (χ0v) is 11.1. The number of carbonyl (C=O) groups is 1. The van der Waals surface area contributed by atoms with Gasteiger partial charge in [0.05, 0.1) is 18.7 Å². The molecule has 0 radical (unpaired) electrons. The highest BCUT2D eigenvalue weighted by Crippen LogP contribution is 2.18. The molecule has 0 aliphatic rings. The number of methoxy groups -OCH3 is 1. The molecule has 104 valence electrons. The number of nitrogens with one attached hydrogen (secondary N) is 2. The first-order valence-electron chi connectivity index (χ1n) is 6.14. The summed E-state index contributed by atoms with van der Waals surface area (Å²) in [6.07, 6.45) is 0.319. The molecule has 6 nitrogen and oxygen atoms in total. The van der Waals surface area contributed by atoms with Crippen molar-refractivity contribution < 1.29 is 9.53 Å². The maximum absolute atomic E-state index is 11.5. The fourth-order valence-corrected chi connectivity index (χ4v) is 1.65. The van der Waals surface area contributed by atoms with Crippen molar-refractivity contribution in [2.75, 3.05) is 19.0 Å². The van der Waals surface area contributed by atoms with E-state index in [1.54, 1.807) is 25.3 Å². The van der Waals surface area contributed by atoms with Crippen LogP contribution in [0, 0.1) is 0 Å². The van der Waals surface area contributed by atoms with Gasteiger partial charge in [0, 0.05) is 24.4 Å². The predicted molar refractivity (Wildman–Crippen MR) is 75.4 cm³/mol. The normalized spacial score (nSPS) is 10.2. The molecular formula is C14H15N3O3. The van der Waals surface area contributed by atoms with E-state index < -0.39 is 0 Å². The lowest BCUT2D eigenvalue weighted by Crippen LogP contribution is -2.13. The van der Waals surface area contributed by atoms with Gasteiger partial charge in [0.15, 0.2) is 0 Å². The van der Waals surface area contributed by atoms with Crippen LogP contribution in [0.3, 0.4) is 0 Å². The molecule has 0 fully saturated rings. The van der Waals surface area contributed by atoms with E-state index in [1.165, 1.54) is 6.07 Å². The van der Waals surface area contributed by atoms with Crippen molar-refractivity contribution in [1.82, 2.24) is 10.2 Å². The smallest absolute Gasteiger partial charge is 0.264 e. The number of hydrogen-bond donors (Lipinski definition) is 2. The van der Waals surface area contributed by atoms with Crippen LogP contribution in [-0.4, -0.2) is 29.8 Å². The van der Waals surface area contributed by atoms with E-state index in [4.69, 9.17) is 4.74 Å². The topological polar surface area (TPSA) is 84.1 Å². The van der Waals surface area contributed by atoms with Gasteiger partial charge in [-0.1, -0.05) is 12.1 Å². The second-order valence-corrected chi connectivity index (χ2v) is 4.17. The molecule has 0 unspecified atom stereocenters. The molecule has 1 aromatic heterocycles. The summed E-state index contributed by atoms with van der Waals surface area (Å²) in [6.45, 7) is 0.394. The maximum atomic E-state index is 11.5. The largest absolute Gasteiger partial charge is 0.384 e. The number of aromatic nitrogens is 2. The number of anilines is 1. The van der Waals surface area contributed by atoms with Crippen LogP contribution >= 0.6 is 0 Å². The van der Waals surface area contributed by atoms with Gasteiger partial charge in [-0.05, 0) is 18.2 Å². The van der Waals surface area contributed by atoms with E-state index in [1.807, 2.05) is 12.1 Å². The Bertz CT molecular complexity index is 614. The minimum atomic E-state index is -0.240. The highest BCUT2D eigenvalue weighted by Gasteiger charge is 2.03. The third-order valence-electron chi connectivity index (χ3n) is 2.68. The summed E-state index contributed by atoms with van der Waals surface area (Å²) in [7, 11) is 1.55. The molecule has 2 rings (SSSR count). The molecule has 1 heterocycles. The first-order chi connectivity index (χ1) is 9.69. The Morgan fingerprint density at radius 3 is 2.60 bits per heavy atom. The molecule has 1 amide bonds. The lowest BCUT2D eigenvalue weighted by molar-refractivity contribution is -0.117. The minimum absolute atomic E-state index is 0.0956. The number of benzene rings is 1. The molecule has 1 aromatic carbocycles. The Balaban J connectivity index is 2.04. The van der Waals surface area contributed by atoms with Crippen molar-refractivity contribution in [1.29, 1.82) is 0 Å². The molecule has 0 aliphatic carbocycles. The first kappa shape index (κ1) is 14.0. The van der Waals surface area contributed by atoms with E-state index >= 15 is 0 Å². The Kier molecular flexibility index (Phi) is 4.62. The van der Waals surface area contributed by atoms with E-state index in [9.17, 15) is 9.59 Å². The van der Waals surface area contributed by atoms with Gasteiger partial charge in [0.2, 0.25) is 5.91 Å². The molecule has 0 atom stereocenters. The molecule has 0 aliphatic heterocycles. The second-order valence-electron chi connectivity index (χ2n) is 4.17. The lowest BCUT2D eigenvalue weighted by atomic mass is 10.1. The molecule has 0 saturated heterocycles. The zero-order valence-electron chi connectivity index (χ0n) is 11.1. The fraction of sp³-hybridized carbons (Fsp3) is 0.214. The van der Waals surface area contributed by atoms with E-state index in [2.05, 4.69) is 15.5 Å². The summed E-state index contributed by atoms with van der Waals surface area (Å²) in [5, 5.41) is 9.08. The number of aromatic amines is 1. The van der Waals surface area contributed by atoms with Gasteiger partial charge >= 0.3 is 0 Å². The van der Waals surface area contributed by atoms with Gasteiger partial charge < -0.3 is 10.1 Å². The number of carbonyl (C=O) groups excluding carboxylic acids is 1. The average molecular weight is 273 g/mol. The number of nitrogens with zero attached hydrogens (tertiary/aromatic N) is 1. The van der Waals surface area contributed by atoms with E-state index in [0.29, 0.717) is 24.4 Å². The number of rotatable bonds is 5. The van der Waals surface area contributed by atoms with Crippen LogP contribution in [0.5, 0.6) is 0 Å².